The largest absolute Gasteiger partial charge is 0.327 e. The van der Waals surface area contributed by atoms with Crippen LogP contribution in [0, 0.1) is 6.92 Å². The Balaban J connectivity index is 1.88. The number of fused-ring (bicyclic) bond motifs is 1. The fourth-order valence-electron chi connectivity index (χ4n) is 4.38. The topological polar surface area (TPSA) is 10.4 Å². The van der Waals surface area contributed by atoms with Gasteiger partial charge in [0.1, 0.15) is 5.69 Å². The Labute approximate surface area is 162 Å². The van der Waals surface area contributed by atoms with Crippen LogP contribution in [0.15, 0.2) is 66.7 Å². The molecule has 1 aliphatic heterocycles. The van der Waals surface area contributed by atoms with Crippen LogP contribution in [0.4, 0.5) is 17.2 Å². The van der Waals surface area contributed by atoms with E-state index in [1.165, 1.54) is 34.0 Å². The van der Waals surface area contributed by atoms with Gasteiger partial charge < -0.3 is 4.90 Å². The van der Waals surface area contributed by atoms with Crippen LogP contribution in [0.1, 0.15) is 26.3 Å². The first-order valence-corrected chi connectivity index (χ1v) is 9.72. The Kier molecular flexibility index (Phi) is 4.39. The third-order valence-electron chi connectivity index (χ3n) is 5.62. The maximum atomic E-state index is 2.50. The summed E-state index contributed by atoms with van der Waals surface area (Å²) in [5.41, 5.74) is 6.39. The van der Waals surface area contributed by atoms with Crippen molar-refractivity contribution in [1.29, 1.82) is 0 Å². The number of aryl methyl sites for hydroxylation is 1. The summed E-state index contributed by atoms with van der Waals surface area (Å²) in [6.07, 6.45) is 0.265. The molecule has 1 aliphatic rings. The fraction of sp³-hybridized carbons (Fsp3) is 0.292. The lowest BCUT2D eigenvalue weighted by Crippen LogP contribution is -2.47. The maximum Gasteiger partial charge on any atom is 0.283 e. The van der Waals surface area contributed by atoms with E-state index in [1.807, 2.05) is 0 Å². The fourth-order valence-corrected chi connectivity index (χ4v) is 4.38. The van der Waals surface area contributed by atoms with E-state index in [-0.39, 0.29) is 6.17 Å². The van der Waals surface area contributed by atoms with Crippen molar-refractivity contribution in [1.82, 2.24) is 0 Å². The highest BCUT2D eigenvalue weighted by molar-refractivity contribution is 5.82. The molecular weight excluding hydrogens is 330 g/mol. The number of nitrogens with zero attached hydrogens (tertiary/aromatic N) is 3. The summed E-state index contributed by atoms with van der Waals surface area (Å²) in [4.78, 5) is 4.95. The molecule has 3 heteroatoms. The van der Waals surface area contributed by atoms with E-state index in [0.717, 1.165) is 0 Å². The van der Waals surface area contributed by atoms with Crippen LogP contribution >= 0.6 is 0 Å². The van der Waals surface area contributed by atoms with Crippen molar-refractivity contribution >= 4 is 17.2 Å². The lowest BCUT2D eigenvalue weighted by molar-refractivity contribution is -0.647. The van der Waals surface area contributed by atoms with E-state index in [9.17, 15) is 0 Å². The molecule has 4 rings (SSSR count). The van der Waals surface area contributed by atoms with Crippen LogP contribution in [-0.4, -0.2) is 12.2 Å². The van der Waals surface area contributed by atoms with E-state index >= 15 is 0 Å². The highest BCUT2D eigenvalue weighted by Crippen LogP contribution is 2.44. The van der Waals surface area contributed by atoms with Crippen LogP contribution in [0.2, 0.25) is 0 Å². The van der Waals surface area contributed by atoms with Gasteiger partial charge in [-0.25, -0.2) is 9.47 Å². The standard InChI is InChI=1S/C24H28N3/c1-17(2)26-19(4)27(23-14-9-8-13-22(23)26)24-16-10-15-21(25(24)5)20-12-7-6-11-18(20)3/h6-17,19H,1-5H3/q+1/t19-/m1/s1. The Bertz CT molecular complexity index is 977. The number of aromatic nitrogens is 1. The van der Waals surface area contributed by atoms with E-state index in [1.54, 1.807) is 0 Å². The molecule has 0 amide bonds. The molecular formula is C24H28N3+. The first-order valence-electron chi connectivity index (χ1n) is 9.72. The van der Waals surface area contributed by atoms with Crippen molar-refractivity contribution in [2.75, 3.05) is 9.80 Å². The first kappa shape index (κ1) is 17.6. The lowest BCUT2D eigenvalue weighted by Gasteiger charge is -2.29. The first-order chi connectivity index (χ1) is 13.0. The molecule has 0 fully saturated rings. The minimum atomic E-state index is 0.265. The number of pyridine rings is 1. The third kappa shape index (κ3) is 2.78. The van der Waals surface area contributed by atoms with Gasteiger partial charge in [0, 0.05) is 17.7 Å². The highest BCUT2D eigenvalue weighted by Gasteiger charge is 2.42. The minimum absolute atomic E-state index is 0.265. The van der Waals surface area contributed by atoms with Gasteiger partial charge in [-0.05, 0) is 57.5 Å². The Hall–Kier alpha value is -2.81. The summed E-state index contributed by atoms with van der Waals surface area (Å²) < 4.78 is 2.32. The Morgan fingerprint density at radius 1 is 0.852 bits per heavy atom. The summed E-state index contributed by atoms with van der Waals surface area (Å²) in [6, 6.07) is 24.4. The molecule has 3 nitrogen and oxygen atoms in total. The van der Waals surface area contributed by atoms with Gasteiger partial charge in [0.2, 0.25) is 0 Å². The molecule has 2 aromatic carbocycles. The molecule has 0 unspecified atom stereocenters. The van der Waals surface area contributed by atoms with Gasteiger partial charge in [0.25, 0.3) is 5.82 Å². The van der Waals surface area contributed by atoms with E-state index < -0.39 is 0 Å². The molecule has 138 valence electrons. The normalized spacial score (nSPS) is 16.1. The molecule has 0 spiro atoms. The number of para-hydroxylation sites is 2. The SMILES string of the molecule is Cc1ccccc1-c1cccc(N2c3ccccc3N(C(C)C)[C@H]2C)[n+]1C. The second-order valence-electron chi connectivity index (χ2n) is 7.63. The van der Waals surface area contributed by atoms with Crippen molar-refractivity contribution in [2.45, 2.75) is 39.9 Å². The van der Waals surface area contributed by atoms with Crippen molar-refractivity contribution in [2.24, 2.45) is 7.05 Å². The van der Waals surface area contributed by atoms with Gasteiger partial charge in [0.05, 0.1) is 12.7 Å². The second kappa shape index (κ2) is 6.73. The molecule has 0 bridgehead atoms. The maximum absolute atomic E-state index is 2.50. The molecule has 2 heterocycles. The van der Waals surface area contributed by atoms with Gasteiger partial charge in [-0.3, -0.25) is 0 Å². The summed E-state index contributed by atoms with van der Waals surface area (Å²) in [5.74, 6) is 1.21. The van der Waals surface area contributed by atoms with Crippen molar-refractivity contribution in [3.63, 3.8) is 0 Å². The third-order valence-corrected chi connectivity index (χ3v) is 5.62. The molecule has 0 N–H and O–H groups in total. The molecule has 1 atom stereocenters. The van der Waals surface area contributed by atoms with Crippen LogP contribution in [0.25, 0.3) is 11.3 Å². The zero-order valence-electron chi connectivity index (χ0n) is 16.8. The number of rotatable bonds is 3. The molecule has 3 aromatic rings. The van der Waals surface area contributed by atoms with Crippen LogP contribution in [-0.2, 0) is 7.05 Å². The quantitative estimate of drug-likeness (QED) is 0.596. The number of anilines is 3. The van der Waals surface area contributed by atoms with E-state index in [0.29, 0.717) is 6.04 Å². The zero-order valence-corrected chi connectivity index (χ0v) is 16.8. The average Bonchev–Trinajstić information content (AvgIpc) is 2.95. The smallest absolute Gasteiger partial charge is 0.283 e. The van der Waals surface area contributed by atoms with Gasteiger partial charge in [-0.1, -0.05) is 36.4 Å². The average molecular weight is 359 g/mol. The lowest BCUT2D eigenvalue weighted by atomic mass is 10.0. The van der Waals surface area contributed by atoms with Gasteiger partial charge in [0.15, 0.2) is 11.9 Å². The molecule has 1 aromatic heterocycles. The van der Waals surface area contributed by atoms with Gasteiger partial charge >= 0.3 is 0 Å². The summed E-state index contributed by atoms with van der Waals surface area (Å²) in [7, 11) is 2.17. The Morgan fingerprint density at radius 2 is 1.52 bits per heavy atom. The molecule has 0 saturated heterocycles. The predicted molar refractivity (Wildman–Crippen MR) is 113 cm³/mol. The molecule has 0 radical (unpaired) electrons. The summed E-state index contributed by atoms with van der Waals surface area (Å²) in [5, 5.41) is 0. The second-order valence-corrected chi connectivity index (χ2v) is 7.63. The monoisotopic (exact) mass is 358 g/mol. The van der Waals surface area contributed by atoms with Crippen molar-refractivity contribution < 1.29 is 4.57 Å². The van der Waals surface area contributed by atoms with Gasteiger partial charge in [-0.15, -0.1) is 0 Å². The van der Waals surface area contributed by atoms with E-state index in [4.69, 9.17) is 0 Å². The van der Waals surface area contributed by atoms with Crippen molar-refractivity contribution in [3.05, 3.63) is 72.3 Å². The van der Waals surface area contributed by atoms with Crippen LogP contribution in [0.3, 0.4) is 0 Å². The van der Waals surface area contributed by atoms with E-state index in [2.05, 4.69) is 116 Å². The zero-order chi connectivity index (χ0) is 19.1. The van der Waals surface area contributed by atoms with Crippen LogP contribution in [0.5, 0.6) is 0 Å². The Morgan fingerprint density at radius 3 is 2.22 bits per heavy atom. The number of hydrogen-bond donors (Lipinski definition) is 0. The molecule has 0 saturated carbocycles. The number of benzene rings is 2. The summed E-state index contributed by atoms with van der Waals surface area (Å²) >= 11 is 0. The predicted octanol–water partition coefficient (Wildman–Crippen LogP) is 5.20. The van der Waals surface area contributed by atoms with Gasteiger partial charge in [-0.2, -0.15) is 0 Å². The highest BCUT2D eigenvalue weighted by atomic mass is 15.4. The number of hydrogen-bond acceptors (Lipinski definition) is 2. The van der Waals surface area contributed by atoms with Crippen molar-refractivity contribution in [3.8, 4) is 11.3 Å². The van der Waals surface area contributed by atoms with Crippen LogP contribution < -0.4 is 14.4 Å². The molecule has 0 aliphatic carbocycles. The summed E-state index contributed by atoms with van der Waals surface area (Å²) in [6.45, 7) is 9.00. The molecule has 27 heavy (non-hydrogen) atoms. The minimum Gasteiger partial charge on any atom is -0.327 e.